The van der Waals surface area contributed by atoms with Crippen LogP contribution >= 0.6 is 0 Å². The van der Waals surface area contributed by atoms with Gasteiger partial charge in [-0.05, 0) is 20.9 Å². The molecule has 0 spiro atoms. The molecule has 1 heterocycles. The van der Waals surface area contributed by atoms with Crippen LogP contribution in [-0.2, 0) is 4.79 Å². The average molecular weight is 214 g/mol. The quantitative estimate of drug-likeness (QED) is 0.752. The van der Waals surface area contributed by atoms with Gasteiger partial charge < -0.3 is 5.11 Å². The predicted molar refractivity (Wildman–Crippen MR) is 59.9 cm³/mol. The summed E-state index contributed by atoms with van der Waals surface area (Å²) in [7, 11) is 2.13. The summed E-state index contributed by atoms with van der Waals surface area (Å²) in [6.45, 7) is 8.76. The van der Waals surface area contributed by atoms with Crippen molar-refractivity contribution in [2.75, 3.05) is 26.7 Å². The molecule has 88 valence electrons. The maximum atomic E-state index is 10.8. The molecular formula is C11H22N2O2. The first-order valence-electron chi connectivity index (χ1n) is 5.59. The molecule has 1 fully saturated rings. The third-order valence-corrected chi connectivity index (χ3v) is 3.39. The number of aliphatic carboxylic acids is 1. The fourth-order valence-corrected chi connectivity index (χ4v) is 2.13. The summed E-state index contributed by atoms with van der Waals surface area (Å²) in [5.41, 5.74) is 0. The lowest BCUT2D eigenvalue weighted by molar-refractivity contribution is -0.142. The van der Waals surface area contributed by atoms with Crippen molar-refractivity contribution in [2.24, 2.45) is 5.92 Å². The summed E-state index contributed by atoms with van der Waals surface area (Å²) in [6.07, 6.45) is 0. The Labute approximate surface area is 91.9 Å². The molecule has 3 atom stereocenters. The normalized spacial score (nSPS) is 31.5. The first-order valence-corrected chi connectivity index (χ1v) is 5.59. The van der Waals surface area contributed by atoms with E-state index in [0.29, 0.717) is 18.6 Å². The zero-order valence-corrected chi connectivity index (χ0v) is 10.1. The van der Waals surface area contributed by atoms with E-state index < -0.39 is 5.97 Å². The van der Waals surface area contributed by atoms with Gasteiger partial charge in [-0.2, -0.15) is 0 Å². The summed E-state index contributed by atoms with van der Waals surface area (Å²) in [5, 5.41) is 8.86. The van der Waals surface area contributed by atoms with E-state index in [1.807, 2.05) is 0 Å². The monoisotopic (exact) mass is 214 g/mol. The van der Waals surface area contributed by atoms with Crippen molar-refractivity contribution in [1.82, 2.24) is 9.80 Å². The lowest BCUT2D eigenvalue weighted by Gasteiger charge is -2.42. The minimum atomic E-state index is -0.700. The van der Waals surface area contributed by atoms with Crippen LogP contribution in [0.4, 0.5) is 0 Å². The minimum Gasteiger partial charge on any atom is -0.481 e. The van der Waals surface area contributed by atoms with Gasteiger partial charge in [0.05, 0.1) is 5.92 Å². The Hall–Kier alpha value is -0.610. The topological polar surface area (TPSA) is 43.8 Å². The molecule has 0 aliphatic carbocycles. The summed E-state index contributed by atoms with van der Waals surface area (Å²) in [5.74, 6) is -0.970. The molecule has 1 aliphatic heterocycles. The van der Waals surface area contributed by atoms with E-state index in [1.165, 1.54) is 0 Å². The fourth-order valence-electron chi connectivity index (χ4n) is 2.13. The standard InChI is InChI=1S/C11H22N2O2/c1-8(11(14)15)5-13-6-9(2)12(4)10(3)7-13/h8-10H,5-7H2,1-4H3,(H,14,15)/t8?,9-,10+. The van der Waals surface area contributed by atoms with E-state index >= 15 is 0 Å². The summed E-state index contributed by atoms with van der Waals surface area (Å²) < 4.78 is 0. The highest BCUT2D eigenvalue weighted by Crippen LogP contribution is 2.14. The first-order chi connectivity index (χ1) is 6.91. The Kier molecular flexibility index (Phi) is 4.11. The number of rotatable bonds is 3. The Morgan fingerprint density at radius 1 is 1.40 bits per heavy atom. The second kappa shape index (κ2) is 4.94. The van der Waals surface area contributed by atoms with Gasteiger partial charge in [-0.1, -0.05) is 6.92 Å². The van der Waals surface area contributed by atoms with Crippen molar-refractivity contribution in [2.45, 2.75) is 32.9 Å². The van der Waals surface area contributed by atoms with Crippen molar-refractivity contribution in [1.29, 1.82) is 0 Å². The van der Waals surface area contributed by atoms with Gasteiger partial charge in [-0.3, -0.25) is 14.6 Å². The number of carboxylic acids is 1. The summed E-state index contributed by atoms with van der Waals surface area (Å²) in [4.78, 5) is 15.4. The van der Waals surface area contributed by atoms with E-state index in [4.69, 9.17) is 5.11 Å². The molecule has 4 nitrogen and oxygen atoms in total. The van der Waals surface area contributed by atoms with Gasteiger partial charge in [0.15, 0.2) is 0 Å². The molecule has 1 rings (SSSR count). The van der Waals surface area contributed by atoms with Crippen LogP contribution < -0.4 is 0 Å². The number of hydrogen-bond donors (Lipinski definition) is 1. The van der Waals surface area contributed by atoms with Gasteiger partial charge in [-0.25, -0.2) is 0 Å². The molecule has 0 bridgehead atoms. The van der Waals surface area contributed by atoms with Crippen LogP contribution in [-0.4, -0.2) is 59.6 Å². The lowest BCUT2D eigenvalue weighted by Crippen LogP contribution is -2.55. The second-order valence-electron chi connectivity index (χ2n) is 4.82. The minimum absolute atomic E-state index is 0.271. The highest BCUT2D eigenvalue weighted by Gasteiger charge is 2.28. The Morgan fingerprint density at radius 2 is 1.87 bits per heavy atom. The van der Waals surface area contributed by atoms with Crippen LogP contribution in [0.15, 0.2) is 0 Å². The Morgan fingerprint density at radius 3 is 2.27 bits per heavy atom. The van der Waals surface area contributed by atoms with Crippen molar-refractivity contribution < 1.29 is 9.90 Å². The van der Waals surface area contributed by atoms with Crippen LogP contribution in [0, 0.1) is 5.92 Å². The smallest absolute Gasteiger partial charge is 0.307 e. The molecular weight excluding hydrogens is 192 g/mol. The molecule has 1 saturated heterocycles. The lowest BCUT2D eigenvalue weighted by atomic mass is 10.1. The van der Waals surface area contributed by atoms with E-state index in [2.05, 4.69) is 30.7 Å². The van der Waals surface area contributed by atoms with Crippen LogP contribution in [0.1, 0.15) is 20.8 Å². The van der Waals surface area contributed by atoms with E-state index in [-0.39, 0.29) is 5.92 Å². The Bertz CT molecular complexity index is 221. The van der Waals surface area contributed by atoms with Crippen LogP contribution in [0.3, 0.4) is 0 Å². The maximum absolute atomic E-state index is 10.8. The molecule has 0 aromatic carbocycles. The predicted octanol–water partition coefficient (Wildman–Crippen LogP) is 0.731. The van der Waals surface area contributed by atoms with Gasteiger partial charge >= 0.3 is 5.97 Å². The van der Waals surface area contributed by atoms with E-state index in [0.717, 1.165) is 13.1 Å². The number of hydrogen-bond acceptors (Lipinski definition) is 3. The third-order valence-electron chi connectivity index (χ3n) is 3.39. The van der Waals surface area contributed by atoms with Crippen molar-refractivity contribution in [3.63, 3.8) is 0 Å². The number of piperazine rings is 1. The molecule has 0 amide bonds. The molecule has 1 N–H and O–H groups in total. The highest BCUT2D eigenvalue weighted by atomic mass is 16.4. The number of carboxylic acid groups (broad SMARTS) is 1. The van der Waals surface area contributed by atoms with Crippen molar-refractivity contribution in [3.05, 3.63) is 0 Å². The molecule has 1 unspecified atom stereocenters. The van der Waals surface area contributed by atoms with Crippen molar-refractivity contribution in [3.8, 4) is 0 Å². The zero-order valence-electron chi connectivity index (χ0n) is 10.1. The highest BCUT2D eigenvalue weighted by molar-refractivity contribution is 5.69. The molecule has 0 aromatic heterocycles. The fraction of sp³-hybridized carbons (Fsp3) is 0.909. The average Bonchev–Trinajstić information content (AvgIpc) is 2.13. The molecule has 0 radical (unpaired) electrons. The summed E-state index contributed by atoms with van der Waals surface area (Å²) >= 11 is 0. The van der Waals surface area contributed by atoms with Gasteiger partial charge in [0.25, 0.3) is 0 Å². The molecule has 0 aromatic rings. The van der Waals surface area contributed by atoms with Gasteiger partial charge in [-0.15, -0.1) is 0 Å². The molecule has 4 heteroatoms. The number of carbonyl (C=O) groups is 1. The third kappa shape index (κ3) is 3.18. The summed E-state index contributed by atoms with van der Waals surface area (Å²) in [6, 6.07) is 1.02. The van der Waals surface area contributed by atoms with Crippen LogP contribution in [0.2, 0.25) is 0 Å². The van der Waals surface area contributed by atoms with Gasteiger partial charge in [0.1, 0.15) is 0 Å². The van der Waals surface area contributed by atoms with Gasteiger partial charge in [0, 0.05) is 31.7 Å². The molecule has 0 saturated carbocycles. The number of nitrogens with zero attached hydrogens (tertiary/aromatic N) is 2. The number of likely N-dealkylation sites (N-methyl/N-ethyl adjacent to an activating group) is 1. The Balaban J connectivity index is 2.48. The van der Waals surface area contributed by atoms with Gasteiger partial charge in [0.2, 0.25) is 0 Å². The first kappa shape index (κ1) is 12.5. The SMILES string of the molecule is CC(CN1C[C@@H](C)N(C)[C@@H](C)C1)C(=O)O. The maximum Gasteiger partial charge on any atom is 0.307 e. The van der Waals surface area contributed by atoms with E-state index in [1.54, 1.807) is 6.92 Å². The van der Waals surface area contributed by atoms with Crippen molar-refractivity contribution >= 4 is 5.97 Å². The largest absolute Gasteiger partial charge is 0.481 e. The van der Waals surface area contributed by atoms with E-state index in [9.17, 15) is 4.79 Å². The van der Waals surface area contributed by atoms with Crippen LogP contribution in [0.5, 0.6) is 0 Å². The zero-order chi connectivity index (χ0) is 11.6. The molecule has 1 aliphatic rings. The molecule has 15 heavy (non-hydrogen) atoms. The second-order valence-corrected chi connectivity index (χ2v) is 4.82. The van der Waals surface area contributed by atoms with Crippen LogP contribution in [0.25, 0.3) is 0 Å².